The number of nitrogens with zero attached hydrogens (tertiary/aromatic N) is 1. The molecule has 1 aliphatic rings. The van der Waals surface area contributed by atoms with Crippen LogP contribution in [0.1, 0.15) is 61.0 Å². The number of carbonyl (C=O) groups is 2. The van der Waals surface area contributed by atoms with E-state index in [4.69, 9.17) is 14.2 Å². The van der Waals surface area contributed by atoms with Crippen LogP contribution in [-0.4, -0.2) is 47.7 Å². The maximum atomic E-state index is 12.5. The van der Waals surface area contributed by atoms with Gasteiger partial charge in [0.05, 0.1) is 18.8 Å². The molecule has 2 N–H and O–H groups in total. The molecule has 8 nitrogen and oxygen atoms in total. The van der Waals surface area contributed by atoms with Gasteiger partial charge in [0.2, 0.25) is 0 Å². The maximum Gasteiger partial charge on any atom is 0.303 e. The molecule has 0 spiro atoms. The highest BCUT2D eigenvalue weighted by molar-refractivity contribution is 5.83. The molecule has 0 saturated carbocycles. The molecule has 0 aromatic heterocycles. The second-order valence-corrected chi connectivity index (χ2v) is 12.3. The fourth-order valence-corrected chi connectivity index (χ4v) is 6.00. The zero-order valence-corrected chi connectivity index (χ0v) is 27.5. The predicted molar refractivity (Wildman–Crippen MR) is 181 cm³/mol. The van der Waals surface area contributed by atoms with Crippen molar-refractivity contribution in [2.24, 2.45) is 5.92 Å². The number of hydrogen-bond donors (Lipinski definition) is 2. The van der Waals surface area contributed by atoms with E-state index in [-0.39, 0.29) is 30.6 Å². The minimum absolute atomic E-state index is 0.00471. The maximum absolute atomic E-state index is 12.5. The Balaban J connectivity index is 1.34. The first-order valence-corrected chi connectivity index (χ1v) is 16.1. The van der Waals surface area contributed by atoms with Gasteiger partial charge < -0.3 is 24.6 Å². The van der Waals surface area contributed by atoms with Gasteiger partial charge in [0.25, 0.3) is 5.91 Å². The molecule has 1 saturated heterocycles. The minimum atomic E-state index is -0.865. The fraction of sp³-hybridized carbons (Fsp3) is 0.333. The summed E-state index contributed by atoms with van der Waals surface area (Å²) >= 11 is 0. The van der Waals surface area contributed by atoms with Crippen molar-refractivity contribution in [3.8, 4) is 11.1 Å². The van der Waals surface area contributed by atoms with Gasteiger partial charge >= 0.3 is 5.97 Å². The first kappa shape index (κ1) is 34.0. The number of aliphatic hydroxyl groups is 1. The number of esters is 1. The van der Waals surface area contributed by atoms with Crippen LogP contribution >= 0.6 is 0 Å². The van der Waals surface area contributed by atoms with Crippen molar-refractivity contribution < 1.29 is 28.9 Å². The lowest BCUT2D eigenvalue weighted by atomic mass is 9.90. The number of nitrogens with one attached hydrogen (secondary N) is 1. The van der Waals surface area contributed by atoms with E-state index in [0.717, 1.165) is 46.5 Å². The van der Waals surface area contributed by atoms with Crippen molar-refractivity contribution in [1.82, 2.24) is 10.2 Å². The van der Waals surface area contributed by atoms with E-state index in [2.05, 4.69) is 48.5 Å². The van der Waals surface area contributed by atoms with E-state index >= 15 is 0 Å². The number of hydrogen-bond acceptors (Lipinski definition) is 7. The van der Waals surface area contributed by atoms with Gasteiger partial charge in [-0.1, -0.05) is 110 Å². The minimum Gasteiger partial charge on any atom is -0.453 e. The SMILES string of the molecule is CC(=O)O[C@@H](C)C(=O)NCc1ccccc1-c1ccc([C@@H]2O[C@H](CN(C)Cc3ccccc3)[C@H](C)[C@H](c3ccc(CO)cc3)O2)cc1. The summed E-state index contributed by atoms with van der Waals surface area (Å²) in [6.45, 7) is 6.85. The quantitative estimate of drug-likeness (QED) is 0.175. The normalized spacial score (nSPS) is 20.0. The Morgan fingerprint density at radius 2 is 1.53 bits per heavy atom. The molecular weight excluding hydrogens is 592 g/mol. The van der Waals surface area contributed by atoms with Gasteiger partial charge in [-0.05, 0) is 47.4 Å². The van der Waals surface area contributed by atoms with Gasteiger partial charge in [-0.3, -0.25) is 14.5 Å². The Hall–Kier alpha value is -4.34. The van der Waals surface area contributed by atoms with E-state index in [1.54, 1.807) is 6.92 Å². The smallest absolute Gasteiger partial charge is 0.303 e. The lowest BCUT2D eigenvalue weighted by molar-refractivity contribution is -0.276. The van der Waals surface area contributed by atoms with Crippen LogP contribution in [0.15, 0.2) is 103 Å². The lowest BCUT2D eigenvalue weighted by Crippen LogP contribution is -2.43. The van der Waals surface area contributed by atoms with Crippen LogP contribution in [0.4, 0.5) is 0 Å². The summed E-state index contributed by atoms with van der Waals surface area (Å²) < 4.78 is 18.4. The van der Waals surface area contributed by atoms with E-state index in [1.165, 1.54) is 12.5 Å². The highest BCUT2D eigenvalue weighted by atomic mass is 16.7. The van der Waals surface area contributed by atoms with Crippen molar-refractivity contribution in [3.05, 3.63) is 131 Å². The van der Waals surface area contributed by atoms with Crippen molar-refractivity contribution in [2.45, 2.75) is 65.1 Å². The van der Waals surface area contributed by atoms with Gasteiger partial charge in [0.15, 0.2) is 12.4 Å². The molecular formula is C39H44N2O6. The Morgan fingerprint density at radius 3 is 2.21 bits per heavy atom. The summed E-state index contributed by atoms with van der Waals surface area (Å²) in [5.41, 5.74) is 6.99. The molecule has 8 heteroatoms. The van der Waals surface area contributed by atoms with Crippen LogP contribution < -0.4 is 5.32 Å². The van der Waals surface area contributed by atoms with Crippen LogP contribution in [0.3, 0.4) is 0 Å². The first-order valence-electron chi connectivity index (χ1n) is 16.1. The molecule has 1 amide bonds. The summed E-state index contributed by atoms with van der Waals surface area (Å²) in [5.74, 6) is -0.768. The summed E-state index contributed by atoms with van der Waals surface area (Å²) in [5, 5.41) is 12.4. The van der Waals surface area contributed by atoms with E-state index in [1.807, 2.05) is 78.9 Å². The largest absolute Gasteiger partial charge is 0.453 e. The number of ether oxygens (including phenoxy) is 3. The monoisotopic (exact) mass is 636 g/mol. The molecule has 246 valence electrons. The van der Waals surface area contributed by atoms with Crippen LogP contribution in [0, 0.1) is 5.92 Å². The van der Waals surface area contributed by atoms with Gasteiger partial charge in [-0.25, -0.2) is 0 Å². The van der Waals surface area contributed by atoms with Crippen molar-refractivity contribution in [3.63, 3.8) is 0 Å². The van der Waals surface area contributed by atoms with Crippen LogP contribution in [0.2, 0.25) is 0 Å². The molecule has 0 bridgehead atoms. The highest BCUT2D eigenvalue weighted by Gasteiger charge is 2.38. The molecule has 4 aromatic carbocycles. The average molecular weight is 637 g/mol. The number of benzene rings is 4. The lowest BCUT2D eigenvalue weighted by Gasteiger charge is -2.42. The summed E-state index contributed by atoms with van der Waals surface area (Å²) in [6.07, 6.45) is -1.73. The molecule has 47 heavy (non-hydrogen) atoms. The van der Waals surface area contributed by atoms with Crippen molar-refractivity contribution >= 4 is 11.9 Å². The molecule has 1 aliphatic heterocycles. The Morgan fingerprint density at radius 1 is 0.872 bits per heavy atom. The topological polar surface area (TPSA) is 97.3 Å². The zero-order valence-electron chi connectivity index (χ0n) is 27.5. The summed E-state index contributed by atoms with van der Waals surface area (Å²) in [4.78, 5) is 26.0. The van der Waals surface area contributed by atoms with Gasteiger partial charge in [0, 0.05) is 38.0 Å². The molecule has 0 unspecified atom stereocenters. The second-order valence-electron chi connectivity index (χ2n) is 12.3. The Kier molecular flexibility index (Phi) is 11.6. The average Bonchev–Trinajstić information content (AvgIpc) is 3.08. The van der Waals surface area contributed by atoms with E-state index < -0.39 is 18.4 Å². The molecule has 0 aliphatic carbocycles. The summed E-state index contributed by atoms with van der Waals surface area (Å²) in [6, 6.07) is 34.4. The molecule has 5 atom stereocenters. The first-order chi connectivity index (χ1) is 22.7. The highest BCUT2D eigenvalue weighted by Crippen LogP contribution is 2.42. The number of carbonyl (C=O) groups excluding carboxylic acids is 2. The molecule has 1 fully saturated rings. The number of aliphatic hydroxyl groups excluding tert-OH is 1. The molecule has 5 rings (SSSR count). The van der Waals surface area contributed by atoms with E-state index in [0.29, 0.717) is 6.54 Å². The predicted octanol–water partition coefficient (Wildman–Crippen LogP) is 6.34. The third-order valence-corrected chi connectivity index (χ3v) is 8.59. The Labute approximate surface area is 277 Å². The van der Waals surface area contributed by atoms with Gasteiger partial charge in [-0.15, -0.1) is 0 Å². The van der Waals surface area contributed by atoms with Crippen molar-refractivity contribution in [2.75, 3.05) is 13.6 Å². The van der Waals surface area contributed by atoms with Gasteiger partial charge in [0.1, 0.15) is 0 Å². The Bertz CT molecular complexity index is 1610. The van der Waals surface area contributed by atoms with Gasteiger partial charge in [-0.2, -0.15) is 0 Å². The third-order valence-electron chi connectivity index (χ3n) is 8.59. The van der Waals surface area contributed by atoms with Crippen LogP contribution in [0.5, 0.6) is 0 Å². The standard InChI is InChI=1S/C39H44N2O6/c1-26-36(24-41(4)23-29-10-6-5-7-11-29)46-39(47-37(26)32-16-14-30(25-42)15-17-32)33-20-18-31(19-21-33)35-13-9-8-12-34(35)22-40-38(44)27(2)45-28(3)43/h5-21,26-27,36-37,39,42H,22-25H2,1-4H3,(H,40,44)/t26-,27-,36+,37+,39+/m0/s1. The van der Waals surface area contributed by atoms with Crippen LogP contribution in [0.25, 0.3) is 11.1 Å². The molecule has 0 radical (unpaired) electrons. The molecule has 1 heterocycles. The summed E-state index contributed by atoms with van der Waals surface area (Å²) in [7, 11) is 2.12. The van der Waals surface area contributed by atoms with Crippen LogP contribution in [-0.2, 0) is 43.5 Å². The third kappa shape index (κ3) is 8.93. The number of rotatable bonds is 12. The fourth-order valence-electron chi connectivity index (χ4n) is 6.00. The number of likely N-dealkylation sites (N-methyl/N-ethyl adjacent to an activating group) is 1. The zero-order chi connectivity index (χ0) is 33.3. The number of amides is 1. The van der Waals surface area contributed by atoms with E-state index in [9.17, 15) is 14.7 Å². The molecule has 4 aromatic rings. The second kappa shape index (κ2) is 16.0. The van der Waals surface area contributed by atoms with Crippen molar-refractivity contribution in [1.29, 1.82) is 0 Å².